The molecule has 32 heavy (non-hydrogen) atoms. The number of Topliss-reactive ketones (excluding diaryl/α,β-unsaturated/α-hetero) is 1. The van der Waals surface area contributed by atoms with Gasteiger partial charge < -0.3 is 19.7 Å². The minimum Gasteiger partial charge on any atom is -0.462 e. The largest absolute Gasteiger partial charge is 0.462 e. The lowest BCUT2D eigenvalue weighted by Gasteiger charge is -2.32. The van der Waals surface area contributed by atoms with Gasteiger partial charge in [0.1, 0.15) is 11.3 Å². The molecular weight excluding hydrogens is 412 g/mol. The zero-order chi connectivity index (χ0) is 22.9. The average molecular weight is 438 g/mol. The predicted octanol–water partition coefficient (Wildman–Crippen LogP) is 2.62. The summed E-state index contributed by atoms with van der Waals surface area (Å²) in [6.07, 6.45) is 3.67. The van der Waals surface area contributed by atoms with E-state index >= 15 is 0 Å². The zero-order valence-electron chi connectivity index (χ0n) is 18.4. The molecule has 168 valence electrons. The lowest BCUT2D eigenvalue weighted by Crippen LogP contribution is -2.35. The number of ether oxygens (including phenoxy) is 2. The number of esters is 2. The van der Waals surface area contributed by atoms with Crippen LogP contribution in [-0.4, -0.2) is 59.4 Å². The summed E-state index contributed by atoms with van der Waals surface area (Å²) in [5.41, 5.74) is 3.51. The van der Waals surface area contributed by atoms with Gasteiger partial charge in [-0.15, -0.1) is 0 Å². The molecule has 1 saturated carbocycles. The van der Waals surface area contributed by atoms with E-state index in [2.05, 4.69) is 39.4 Å². The molecular formula is C23H26N4O5. The molecule has 1 N–H and O–H groups in total. The molecule has 0 radical (unpaired) electrons. The van der Waals surface area contributed by atoms with Crippen LogP contribution in [-0.2, 0) is 26.2 Å². The number of hydrogen-bond donors (Lipinski definition) is 1. The first-order chi connectivity index (χ1) is 15.3. The van der Waals surface area contributed by atoms with E-state index in [0.717, 1.165) is 18.8 Å². The van der Waals surface area contributed by atoms with E-state index in [0.29, 0.717) is 0 Å². The maximum absolute atomic E-state index is 12.6. The first-order valence-electron chi connectivity index (χ1n) is 10.6. The third-order valence-electron chi connectivity index (χ3n) is 5.75. The van der Waals surface area contributed by atoms with Crippen molar-refractivity contribution in [2.75, 3.05) is 32.1 Å². The van der Waals surface area contributed by atoms with Crippen LogP contribution < -0.4 is 5.32 Å². The summed E-state index contributed by atoms with van der Waals surface area (Å²) in [4.78, 5) is 46.7. The maximum atomic E-state index is 12.6. The van der Waals surface area contributed by atoms with Crippen LogP contribution in [0.5, 0.6) is 0 Å². The normalized spacial score (nSPS) is 16.2. The summed E-state index contributed by atoms with van der Waals surface area (Å²) < 4.78 is 9.78. The van der Waals surface area contributed by atoms with Gasteiger partial charge in [-0.2, -0.15) is 0 Å². The van der Waals surface area contributed by atoms with Crippen LogP contribution in [0.3, 0.4) is 0 Å². The number of nitrogens with one attached hydrogen (secondary N) is 1. The highest BCUT2D eigenvalue weighted by atomic mass is 16.5. The number of carbonyl (C=O) groups excluding carboxylic acids is 3. The molecule has 1 fully saturated rings. The molecule has 0 bridgehead atoms. The number of fused-ring (bicyclic) bond motifs is 2. The van der Waals surface area contributed by atoms with Crippen molar-refractivity contribution in [2.45, 2.75) is 38.6 Å². The lowest BCUT2D eigenvalue weighted by molar-refractivity contribution is -0.139. The van der Waals surface area contributed by atoms with Gasteiger partial charge in [-0.3, -0.25) is 9.59 Å². The van der Waals surface area contributed by atoms with Crippen LogP contribution in [0.2, 0.25) is 0 Å². The van der Waals surface area contributed by atoms with Gasteiger partial charge in [0.05, 0.1) is 6.61 Å². The van der Waals surface area contributed by atoms with Crippen molar-refractivity contribution in [3.05, 3.63) is 46.8 Å². The fourth-order valence-electron chi connectivity index (χ4n) is 4.22. The Bertz CT molecular complexity index is 1080. The Labute approximate surface area is 186 Å². The minimum absolute atomic E-state index is 0.0720. The molecule has 1 spiro atoms. The maximum Gasteiger partial charge on any atom is 0.342 e. The fourth-order valence-corrected chi connectivity index (χ4v) is 4.22. The Hall–Kier alpha value is -3.33. The molecule has 1 aliphatic heterocycles. The van der Waals surface area contributed by atoms with Gasteiger partial charge in [0, 0.05) is 37.3 Å². The van der Waals surface area contributed by atoms with Crippen LogP contribution in [0.1, 0.15) is 58.7 Å². The molecule has 0 saturated heterocycles. The molecule has 0 atom stereocenters. The molecule has 2 aliphatic rings. The monoisotopic (exact) mass is 438 g/mol. The number of carbonyl (C=O) groups is 3. The van der Waals surface area contributed by atoms with Crippen molar-refractivity contribution < 1.29 is 23.9 Å². The number of nitrogens with zero attached hydrogens (tertiary/aromatic N) is 3. The van der Waals surface area contributed by atoms with Crippen LogP contribution >= 0.6 is 0 Å². The fraction of sp³-hybridized carbons (Fsp3) is 0.435. The first kappa shape index (κ1) is 21.9. The molecule has 0 unspecified atom stereocenters. The molecule has 0 amide bonds. The van der Waals surface area contributed by atoms with Gasteiger partial charge in [-0.25, -0.2) is 14.8 Å². The molecule has 1 aliphatic carbocycles. The minimum atomic E-state index is -0.711. The number of likely N-dealkylation sites (N-methyl/N-ethyl adjacent to an activating group) is 1. The van der Waals surface area contributed by atoms with Crippen LogP contribution in [0.15, 0.2) is 24.4 Å². The first-order valence-corrected chi connectivity index (χ1v) is 10.6. The van der Waals surface area contributed by atoms with E-state index in [9.17, 15) is 14.4 Å². The summed E-state index contributed by atoms with van der Waals surface area (Å²) in [7, 11) is 2.13. The number of ketones is 1. The standard InChI is InChI=1S/C23H26N4O5/c1-4-31-21(30)17-10-24-22(26-20(17)19(29)12-32-14(2)28)25-16-5-6-18-15(9-16)11-27(3)13-23(18)7-8-23/h5-6,9-10H,4,7-8,11-13H2,1-3H3,(H,24,25,26). The number of rotatable bonds is 7. The van der Waals surface area contributed by atoms with Crippen molar-refractivity contribution in [2.24, 2.45) is 0 Å². The molecule has 2 aromatic rings. The van der Waals surface area contributed by atoms with Crippen LogP contribution in [0.25, 0.3) is 0 Å². The van der Waals surface area contributed by atoms with Gasteiger partial charge >= 0.3 is 11.9 Å². The number of anilines is 2. The average Bonchev–Trinajstić information content (AvgIpc) is 3.51. The van der Waals surface area contributed by atoms with Crippen LogP contribution in [0.4, 0.5) is 11.6 Å². The third-order valence-corrected chi connectivity index (χ3v) is 5.75. The lowest BCUT2D eigenvalue weighted by atomic mass is 9.87. The Balaban J connectivity index is 1.60. The second-order valence-electron chi connectivity index (χ2n) is 8.33. The third kappa shape index (κ3) is 4.47. The predicted molar refractivity (Wildman–Crippen MR) is 116 cm³/mol. The van der Waals surface area contributed by atoms with Crippen molar-refractivity contribution in [3.8, 4) is 0 Å². The Morgan fingerprint density at radius 3 is 2.69 bits per heavy atom. The smallest absolute Gasteiger partial charge is 0.342 e. The van der Waals surface area contributed by atoms with E-state index < -0.39 is 24.3 Å². The van der Waals surface area contributed by atoms with Crippen molar-refractivity contribution >= 4 is 29.4 Å². The van der Waals surface area contributed by atoms with E-state index in [1.54, 1.807) is 6.92 Å². The van der Waals surface area contributed by atoms with Gasteiger partial charge in [0.25, 0.3) is 0 Å². The van der Waals surface area contributed by atoms with Crippen molar-refractivity contribution in [1.29, 1.82) is 0 Å². The van der Waals surface area contributed by atoms with Crippen LogP contribution in [0, 0.1) is 0 Å². The molecule has 2 heterocycles. The Morgan fingerprint density at radius 2 is 2.00 bits per heavy atom. The molecule has 4 rings (SSSR count). The number of aromatic nitrogens is 2. The van der Waals surface area contributed by atoms with Gasteiger partial charge in [-0.05, 0) is 50.1 Å². The highest BCUT2D eigenvalue weighted by molar-refractivity contribution is 6.05. The van der Waals surface area contributed by atoms with E-state index in [-0.39, 0.29) is 29.2 Å². The summed E-state index contributed by atoms with van der Waals surface area (Å²) in [6.45, 7) is 4.42. The Morgan fingerprint density at radius 1 is 1.22 bits per heavy atom. The second-order valence-corrected chi connectivity index (χ2v) is 8.33. The SMILES string of the molecule is CCOC(=O)c1cnc(Nc2ccc3c(c2)CN(C)CC32CC2)nc1C(=O)COC(C)=O. The topological polar surface area (TPSA) is 111 Å². The van der Waals surface area contributed by atoms with Crippen molar-refractivity contribution in [3.63, 3.8) is 0 Å². The summed E-state index contributed by atoms with van der Waals surface area (Å²) in [5, 5.41) is 3.12. The second kappa shape index (κ2) is 8.66. The van der Waals surface area contributed by atoms with Gasteiger partial charge in [0.15, 0.2) is 6.61 Å². The zero-order valence-corrected chi connectivity index (χ0v) is 18.4. The Kier molecular flexibility index (Phi) is 5.92. The number of hydrogen-bond acceptors (Lipinski definition) is 9. The van der Waals surface area contributed by atoms with Gasteiger partial charge in [-0.1, -0.05) is 6.07 Å². The summed E-state index contributed by atoms with van der Waals surface area (Å²) >= 11 is 0. The highest BCUT2D eigenvalue weighted by Crippen LogP contribution is 2.52. The van der Waals surface area contributed by atoms with Gasteiger partial charge in [0.2, 0.25) is 11.7 Å². The molecule has 1 aromatic heterocycles. The van der Waals surface area contributed by atoms with E-state index in [1.165, 1.54) is 37.1 Å². The van der Waals surface area contributed by atoms with E-state index in [1.807, 2.05) is 6.07 Å². The summed E-state index contributed by atoms with van der Waals surface area (Å²) in [6, 6.07) is 6.21. The van der Waals surface area contributed by atoms with E-state index in [4.69, 9.17) is 9.47 Å². The molecule has 9 heteroatoms. The highest BCUT2D eigenvalue weighted by Gasteiger charge is 2.48. The van der Waals surface area contributed by atoms with Crippen molar-refractivity contribution in [1.82, 2.24) is 14.9 Å². The molecule has 9 nitrogen and oxygen atoms in total. The number of benzene rings is 1. The summed E-state index contributed by atoms with van der Waals surface area (Å²) in [5.74, 6) is -1.77. The molecule has 1 aromatic carbocycles. The quantitative estimate of drug-likeness (QED) is 0.515.